The van der Waals surface area contributed by atoms with Crippen LogP contribution in [-0.2, 0) is 11.2 Å². The summed E-state index contributed by atoms with van der Waals surface area (Å²) in [6, 6.07) is 6.94. The number of hydrogen-bond acceptors (Lipinski definition) is 8. The molecule has 26 heavy (non-hydrogen) atoms. The van der Waals surface area contributed by atoms with Crippen molar-refractivity contribution < 1.29 is 13.7 Å². The Morgan fingerprint density at radius 1 is 1.27 bits per heavy atom. The van der Waals surface area contributed by atoms with E-state index in [-0.39, 0.29) is 12.3 Å². The molecular weight excluding hydrogens is 338 g/mol. The average Bonchev–Trinajstić information content (AvgIpc) is 3.42. The molecule has 0 aliphatic rings. The van der Waals surface area contributed by atoms with Gasteiger partial charge in [0.1, 0.15) is 12.7 Å². The maximum Gasteiger partial charge on any atom is 0.238 e. The van der Waals surface area contributed by atoms with E-state index in [1.807, 2.05) is 0 Å². The van der Waals surface area contributed by atoms with E-state index in [9.17, 15) is 4.79 Å². The molecule has 0 aliphatic carbocycles. The molecule has 10 heteroatoms. The minimum atomic E-state index is -0.182. The molecule has 130 valence electrons. The molecule has 0 bridgehead atoms. The Morgan fingerprint density at radius 3 is 2.96 bits per heavy atom. The zero-order valence-electron chi connectivity index (χ0n) is 13.4. The summed E-state index contributed by atoms with van der Waals surface area (Å²) in [6.45, 7) is 0. The number of carbonyl (C=O) groups excluding carboxylic acids is 1. The van der Waals surface area contributed by atoms with Crippen molar-refractivity contribution in [2.24, 2.45) is 0 Å². The third-order valence-electron chi connectivity index (χ3n) is 3.46. The zero-order chi connectivity index (χ0) is 17.8. The number of rotatable bonds is 6. The molecule has 0 radical (unpaired) electrons. The van der Waals surface area contributed by atoms with Crippen molar-refractivity contribution in [1.29, 1.82) is 0 Å². The molecule has 0 fully saturated rings. The van der Waals surface area contributed by atoms with E-state index in [0.717, 1.165) is 0 Å². The molecule has 0 saturated carbocycles. The topological polar surface area (TPSA) is 125 Å². The second-order valence-electron chi connectivity index (χ2n) is 5.28. The number of furan rings is 1. The molecule has 0 spiro atoms. The molecule has 4 aromatic rings. The first-order valence-electron chi connectivity index (χ1n) is 7.75. The van der Waals surface area contributed by atoms with Gasteiger partial charge < -0.3 is 14.3 Å². The fraction of sp³-hybridized carbons (Fsp3) is 0.125. The summed E-state index contributed by atoms with van der Waals surface area (Å²) in [7, 11) is 0. The number of carbonyl (C=O) groups is 1. The number of aryl methyl sites for hydroxylation is 1. The Labute approximate surface area is 146 Å². The lowest BCUT2D eigenvalue weighted by atomic mass is 10.3. The van der Waals surface area contributed by atoms with E-state index < -0.39 is 0 Å². The summed E-state index contributed by atoms with van der Waals surface area (Å²) in [5.74, 6) is 1.67. The molecule has 0 aromatic carbocycles. The van der Waals surface area contributed by atoms with Crippen molar-refractivity contribution >= 4 is 11.6 Å². The fourth-order valence-corrected chi connectivity index (χ4v) is 2.23. The lowest BCUT2D eigenvalue weighted by molar-refractivity contribution is -0.116. The highest BCUT2D eigenvalue weighted by Gasteiger charge is 2.12. The number of nitrogens with one attached hydrogen (secondary N) is 1. The van der Waals surface area contributed by atoms with Crippen molar-refractivity contribution in [2.45, 2.75) is 12.8 Å². The van der Waals surface area contributed by atoms with Crippen molar-refractivity contribution in [3.63, 3.8) is 0 Å². The summed E-state index contributed by atoms with van der Waals surface area (Å²) in [6.07, 6.45) is 6.57. The number of nitrogens with zero attached hydrogens (tertiary/aromatic N) is 6. The molecule has 0 atom stereocenters. The number of amides is 1. The van der Waals surface area contributed by atoms with Crippen LogP contribution in [0.25, 0.3) is 17.4 Å². The smallest absolute Gasteiger partial charge is 0.238 e. The van der Waals surface area contributed by atoms with Gasteiger partial charge in [0.25, 0.3) is 0 Å². The van der Waals surface area contributed by atoms with Gasteiger partial charge >= 0.3 is 0 Å². The highest BCUT2D eigenvalue weighted by Crippen LogP contribution is 2.16. The van der Waals surface area contributed by atoms with Crippen molar-refractivity contribution in [3.05, 3.63) is 55.3 Å². The van der Waals surface area contributed by atoms with E-state index >= 15 is 0 Å². The lowest BCUT2D eigenvalue weighted by Crippen LogP contribution is -2.13. The van der Waals surface area contributed by atoms with Crippen molar-refractivity contribution in [3.8, 4) is 17.4 Å². The van der Waals surface area contributed by atoms with Crippen LogP contribution in [0.15, 0.2) is 58.3 Å². The minimum absolute atomic E-state index is 0.182. The number of anilines is 1. The molecule has 0 unspecified atom stereocenters. The molecular formula is C16H13N7O3. The Balaban J connectivity index is 1.31. The minimum Gasteiger partial charge on any atom is -0.461 e. The van der Waals surface area contributed by atoms with Gasteiger partial charge in [-0.25, -0.2) is 14.6 Å². The molecule has 4 aromatic heterocycles. The molecule has 10 nitrogen and oxygen atoms in total. The summed E-state index contributed by atoms with van der Waals surface area (Å²) < 4.78 is 11.8. The fourth-order valence-electron chi connectivity index (χ4n) is 2.23. The van der Waals surface area contributed by atoms with Gasteiger partial charge in [-0.2, -0.15) is 10.1 Å². The first-order valence-corrected chi connectivity index (χ1v) is 7.75. The van der Waals surface area contributed by atoms with Gasteiger partial charge in [0, 0.05) is 12.8 Å². The van der Waals surface area contributed by atoms with Crippen LogP contribution >= 0.6 is 0 Å². The first kappa shape index (κ1) is 15.7. The quantitative estimate of drug-likeness (QED) is 0.558. The molecule has 0 saturated heterocycles. The van der Waals surface area contributed by atoms with Crippen LogP contribution in [-0.4, -0.2) is 35.8 Å². The third kappa shape index (κ3) is 3.48. The van der Waals surface area contributed by atoms with Crippen LogP contribution in [0.3, 0.4) is 0 Å². The second-order valence-corrected chi connectivity index (χ2v) is 5.28. The van der Waals surface area contributed by atoms with Crippen LogP contribution in [0, 0.1) is 0 Å². The van der Waals surface area contributed by atoms with Gasteiger partial charge in [0.05, 0.1) is 18.1 Å². The van der Waals surface area contributed by atoms with Gasteiger partial charge in [-0.1, -0.05) is 5.16 Å². The van der Waals surface area contributed by atoms with Gasteiger partial charge in [0.2, 0.25) is 17.6 Å². The SMILES string of the molecule is O=C(CCc1nc(-c2ccco2)no1)Nc1ccc(-n2cncn2)nc1. The highest BCUT2D eigenvalue weighted by molar-refractivity contribution is 5.90. The number of aromatic nitrogens is 6. The van der Waals surface area contributed by atoms with E-state index in [1.54, 1.807) is 36.8 Å². The van der Waals surface area contributed by atoms with Crippen LogP contribution < -0.4 is 5.32 Å². The van der Waals surface area contributed by atoms with Crippen LogP contribution in [0.4, 0.5) is 5.69 Å². The summed E-state index contributed by atoms with van der Waals surface area (Å²) in [5.41, 5.74) is 0.584. The van der Waals surface area contributed by atoms with Crippen LogP contribution in [0.1, 0.15) is 12.3 Å². The molecule has 1 N–H and O–H groups in total. The molecule has 4 heterocycles. The van der Waals surface area contributed by atoms with Gasteiger partial charge in [-0.15, -0.1) is 0 Å². The standard InChI is InChI=1S/C16H13N7O3/c24-14(5-6-15-21-16(22-26-15)12-2-1-7-25-12)20-11-3-4-13(18-8-11)23-10-17-9-19-23/h1-4,7-10H,5-6H2,(H,20,24). The monoisotopic (exact) mass is 351 g/mol. The molecule has 1 amide bonds. The number of hydrogen-bond donors (Lipinski definition) is 1. The van der Waals surface area contributed by atoms with E-state index in [0.29, 0.717) is 35.4 Å². The van der Waals surface area contributed by atoms with E-state index in [4.69, 9.17) is 8.94 Å². The summed E-state index contributed by atoms with van der Waals surface area (Å²) >= 11 is 0. The Morgan fingerprint density at radius 2 is 2.23 bits per heavy atom. The summed E-state index contributed by atoms with van der Waals surface area (Å²) in [5, 5.41) is 10.6. The molecule has 0 aliphatic heterocycles. The third-order valence-corrected chi connectivity index (χ3v) is 3.46. The predicted molar refractivity (Wildman–Crippen MR) is 88.1 cm³/mol. The maximum absolute atomic E-state index is 12.1. The lowest BCUT2D eigenvalue weighted by Gasteiger charge is -2.05. The van der Waals surface area contributed by atoms with Gasteiger partial charge in [0.15, 0.2) is 11.6 Å². The first-order chi connectivity index (χ1) is 12.8. The van der Waals surface area contributed by atoms with Gasteiger partial charge in [-0.3, -0.25) is 4.79 Å². The van der Waals surface area contributed by atoms with Gasteiger partial charge in [-0.05, 0) is 24.3 Å². The van der Waals surface area contributed by atoms with Crippen LogP contribution in [0.2, 0.25) is 0 Å². The van der Waals surface area contributed by atoms with Crippen molar-refractivity contribution in [2.75, 3.05) is 5.32 Å². The highest BCUT2D eigenvalue weighted by atomic mass is 16.5. The second kappa shape index (κ2) is 6.97. The largest absolute Gasteiger partial charge is 0.461 e. The Hall–Kier alpha value is -3.82. The normalized spacial score (nSPS) is 10.8. The van der Waals surface area contributed by atoms with E-state index in [1.165, 1.54) is 17.3 Å². The predicted octanol–water partition coefficient (Wildman–Crippen LogP) is 1.88. The zero-order valence-corrected chi connectivity index (χ0v) is 13.4. The average molecular weight is 351 g/mol. The van der Waals surface area contributed by atoms with E-state index in [2.05, 4.69) is 30.5 Å². The maximum atomic E-state index is 12.1. The Kier molecular flexibility index (Phi) is 4.21. The molecule has 4 rings (SSSR count). The Bertz CT molecular complexity index is 975. The number of pyridine rings is 1. The van der Waals surface area contributed by atoms with Crippen LogP contribution in [0.5, 0.6) is 0 Å². The van der Waals surface area contributed by atoms with Crippen molar-refractivity contribution in [1.82, 2.24) is 29.9 Å². The summed E-state index contributed by atoms with van der Waals surface area (Å²) in [4.78, 5) is 24.3.